The average Bonchev–Trinajstić information content (AvgIpc) is 2.65. The van der Waals surface area contributed by atoms with Gasteiger partial charge < -0.3 is 0 Å². The molecule has 0 aliphatic rings. The molecule has 3 aromatic rings. The van der Waals surface area contributed by atoms with E-state index in [1.807, 2.05) is 54.6 Å². The number of hydrogen-bond acceptors (Lipinski definition) is 1. The van der Waals surface area contributed by atoms with Crippen LogP contribution in [0.1, 0.15) is 0 Å². The van der Waals surface area contributed by atoms with Gasteiger partial charge in [-0.2, -0.15) is 5.26 Å². The molecule has 3 aromatic carbocycles. The summed E-state index contributed by atoms with van der Waals surface area (Å²) >= 11 is 0. The second-order valence-corrected chi connectivity index (χ2v) is 9.61. The van der Waals surface area contributed by atoms with E-state index < -0.39 is 6.89 Å². The van der Waals surface area contributed by atoms with E-state index >= 15 is 0 Å². The molecule has 1 nitrogen and oxygen atoms in total. The van der Waals surface area contributed by atoms with Crippen molar-refractivity contribution in [3.05, 3.63) is 91.0 Å². The van der Waals surface area contributed by atoms with Crippen molar-refractivity contribution in [3.63, 3.8) is 0 Å². The second-order valence-electron chi connectivity index (χ2n) is 5.17. The first kappa shape index (κ1) is 15.8. The lowest BCUT2D eigenvalue weighted by atomic mass is 10.4. The second kappa shape index (κ2) is 6.97. The largest absolute Gasteiger partial charge is 0.192 e. The van der Waals surface area contributed by atoms with E-state index in [1.165, 1.54) is 15.9 Å². The Bertz CT molecular complexity index is 776. The number of rotatable bonds is 3. The van der Waals surface area contributed by atoms with E-state index in [0.29, 0.717) is 0 Å². The first-order valence-electron chi connectivity index (χ1n) is 7.39. The third-order valence-electron chi connectivity index (χ3n) is 3.91. The Morgan fingerprint density at radius 3 is 1.22 bits per heavy atom. The van der Waals surface area contributed by atoms with Gasteiger partial charge in [0.25, 0.3) is 0 Å². The van der Waals surface area contributed by atoms with E-state index in [0.717, 1.165) is 5.03 Å². The normalized spacial score (nSPS) is 10.8. The van der Waals surface area contributed by atoms with Crippen LogP contribution in [0.2, 0.25) is 0 Å². The molecule has 0 aliphatic heterocycles. The van der Waals surface area contributed by atoms with E-state index in [2.05, 4.69) is 51.7 Å². The van der Waals surface area contributed by atoms with Crippen LogP contribution < -0.4 is 15.9 Å². The molecule has 1 atom stereocenters. The van der Waals surface area contributed by atoms with Crippen molar-refractivity contribution in [3.8, 4) is 6.07 Å². The zero-order valence-electron chi connectivity index (χ0n) is 12.6. The quantitative estimate of drug-likeness (QED) is 0.673. The molecule has 3 heteroatoms. The van der Waals surface area contributed by atoms with Crippen LogP contribution in [0.3, 0.4) is 0 Å². The highest BCUT2D eigenvalue weighted by Crippen LogP contribution is 2.47. The van der Waals surface area contributed by atoms with Gasteiger partial charge in [0.05, 0.1) is 5.03 Å². The van der Waals surface area contributed by atoms with Crippen LogP contribution in [0.4, 0.5) is 0 Å². The zero-order valence-corrected chi connectivity index (χ0v) is 14.7. The highest BCUT2D eigenvalue weighted by atomic mass is 31.2. The van der Waals surface area contributed by atoms with Gasteiger partial charge >= 0.3 is 0 Å². The fraction of sp³-hybridized carbons (Fsp3) is 0. The van der Waals surface area contributed by atoms with Crippen LogP contribution in [0, 0.1) is 11.3 Å². The maximum Gasteiger partial charge on any atom is 0.100 e. The fourth-order valence-corrected chi connectivity index (χ4v) is 7.97. The molecular weight excluding hydrogens is 316 g/mol. The number of hydrogen-bond donors (Lipinski definition) is 0. The molecule has 0 saturated heterocycles. The Morgan fingerprint density at radius 1 is 0.652 bits per heavy atom. The zero-order chi connectivity index (χ0) is 16.1. The van der Waals surface area contributed by atoms with Crippen molar-refractivity contribution in [2.75, 3.05) is 0 Å². The molecule has 23 heavy (non-hydrogen) atoms. The van der Waals surface area contributed by atoms with E-state index in [9.17, 15) is 5.26 Å². The predicted molar refractivity (Wildman–Crippen MR) is 105 cm³/mol. The van der Waals surface area contributed by atoms with Crippen LogP contribution in [0.15, 0.2) is 91.0 Å². The third-order valence-corrected chi connectivity index (χ3v) is 9.24. The van der Waals surface area contributed by atoms with Gasteiger partial charge in [0.15, 0.2) is 0 Å². The summed E-state index contributed by atoms with van der Waals surface area (Å²) in [7, 11) is 2.70. The average molecular weight is 333 g/mol. The van der Waals surface area contributed by atoms with Crippen molar-refractivity contribution in [1.29, 1.82) is 5.26 Å². The first-order chi connectivity index (χ1) is 11.3. The molecule has 0 fully saturated rings. The maximum absolute atomic E-state index is 9.77. The lowest BCUT2D eigenvalue weighted by Gasteiger charge is -2.29. The summed E-state index contributed by atoms with van der Waals surface area (Å²) in [4.78, 5) is 0. The molecule has 0 aliphatic carbocycles. The molecule has 0 bridgehead atoms. The summed E-state index contributed by atoms with van der Waals surface area (Å²) in [5.41, 5.74) is 0. The Morgan fingerprint density at radius 2 is 0.957 bits per heavy atom. The number of benzene rings is 3. The van der Waals surface area contributed by atoms with Gasteiger partial charge in [-0.3, -0.25) is 0 Å². The monoisotopic (exact) mass is 333 g/mol. The highest BCUT2D eigenvalue weighted by Gasteiger charge is 2.28. The summed E-state index contributed by atoms with van der Waals surface area (Å²) in [5.74, 6) is 0. The minimum atomic E-state index is -2.13. The van der Waals surface area contributed by atoms with Crippen molar-refractivity contribution < 1.29 is 0 Å². The van der Waals surface area contributed by atoms with E-state index in [1.54, 1.807) is 0 Å². The van der Waals surface area contributed by atoms with Crippen molar-refractivity contribution in [2.45, 2.75) is 0 Å². The molecule has 0 aromatic heterocycles. The van der Waals surface area contributed by atoms with Crippen LogP contribution in [-0.2, 0) is 0 Å². The van der Waals surface area contributed by atoms with Gasteiger partial charge in [0, 0.05) is 0 Å². The van der Waals surface area contributed by atoms with Gasteiger partial charge in [-0.25, -0.2) is 0 Å². The molecule has 1 unspecified atom stereocenters. The smallest absolute Gasteiger partial charge is 0.100 e. The van der Waals surface area contributed by atoms with Crippen LogP contribution in [-0.4, -0.2) is 5.03 Å². The Labute approximate surface area is 139 Å². The maximum atomic E-state index is 9.77. The van der Waals surface area contributed by atoms with Gasteiger partial charge in [-0.1, -0.05) is 100 Å². The standard InChI is InChI=1S/C20H17NP2/c21-16-20(22)23(17-10-4-1-5-11-17,18-12-6-2-7-13-18)19-14-8-3-9-15-19/h1-15H,22H2. The van der Waals surface area contributed by atoms with E-state index in [-0.39, 0.29) is 0 Å². The molecule has 0 radical (unpaired) electrons. The van der Waals surface area contributed by atoms with Crippen LogP contribution in [0.5, 0.6) is 0 Å². The molecule has 112 valence electrons. The Hall–Kier alpha value is -2.12. The molecule has 0 amide bonds. The summed E-state index contributed by atoms with van der Waals surface area (Å²) in [6.45, 7) is -2.13. The topological polar surface area (TPSA) is 23.8 Å². The molecule has 0 spiro atoms. The van der Waals surface area contributed by atoms with Gasteiger partial charge in [-0.15, -0.1) is 0 Å². The highest BCUT2D eigenvalue weighted by molar-refractivity contribution is 8.01. The minimum absolute atomic E-state index is 0.793. The molecular formula is C20H17NP2. The van der Waals surface area contributed by atoms with Crippen molar-refractivity contribution in [2.24, 2.45) is 0 Å². The van der Waals surface area contributed by atoms with Crippen LogP contribution >= 0.6 is 16.1 Å². The first-order valence-corrected chi connectivity index (χ1v) is 9.75. The van der Waals surface area contributed by atoms with Gasteiger partial charge in [0.1, 0.15) is 6.07 Å². The lowest BCUT2D eigenvalue weighted by Crippen LogP contribution is -2.28. The SMILES string of the molecule is N#CC(P)=P(c1ccccc1)(c1ccccc1)c1ccccc1. The Kier molecular flexibility index (Phi) is 4.78. The summed E-state index contributed by atoms with van der Waals surface area (Å²) in [5, 5.41) is 14.2. The van der Waals surface area contributed by atoms with Crippen molar-refractivity contribution in [1.82, 2.24) is 0 Å². The Balaban J connectivity index is 2.50. The summed E-state index contributed by atoms with van der Waals surface area (Å²) in [6, 6.07) is 33.6. The summed E-state index contributed by atoms with van der Waals surface area (Å²) < 4.78 is 0. The lowest BCUT2D eigenvalue weighted by molar-refractivity contribution is 1.56. The third kappa shape index (κ3) is 2.77. The molecule has 0 N–H and O–H groups in total. The minimum Gasteiger partial charge on any atom is -0.192 e. The molecule has 3 rings (SSSR count). The van der Waals surface area contributed by atoms with Gasteiger partial charge in [0.2, 0.25) is 0 Å². The van der Waals surface area contributed by atoms with Crippen LogP contribution in [0.25, 0.3) is 0 Å². The number of nitrogens with zero attached hydrogens (tertiary/aromatic N) is 1. The fourth-order valence-electron chi connectivity index (χ4n) is 2.89. The molecule has 0 saturated carbocycles. The number of nitriles is 1. The van der Waals surface area contributed by atoms with Gasteiger partial charge in [-0.05, 0) is 22.8 Å². The van der Waals surface area contributed by atoms with E-state index in [4.69, 9.17) is 0 Å². The van der Waals surface area contributed by atoms with Crippen molar-refractivity contribution >= 4 is 37.1 Å². The predicted octanol–water partition coefficient (Wildman–Crippen LogP) is 3.51. The summed E-state index contributed by atoms with van der Waals surface area (Å²) in [6.07, 6.45) is 0. The molecule has 0 heterocycles.